The number of methoxy groups -OCH3 is 1. The van der Waals surface area contributed by atoms with Crippen molar-refractivity contribution in [2.24, 2.45) is 0 Å². The summed E-state index contributed by atoms with van der Waals surface area (Å²) >= 11 is 5.99. The van der Waals surface area contributed by atoms with Crippen LogP contribution in [0.25, 0.3) is 10.9 Å². The van der Waals surface area contributed by atoms with Crippen molar-refractivity contribution in [2.45, 2.75) is 26.2 Å². The summed E-state index contributed by atoms with van der Waals surface area (Å²) in [6.07, 6.45) is 0.0535. The zero-order valence-corrected chi connectivity index (χ0v) is 20.1. The van der Waals surface area contributed by atoms with Gasteiger partial charge in [-0.1, -0.05) is 48.9 Å². The molecule has 0 spiro atoms. The molecule has 1 atom stereocenters. The molecule has 1 heterocycles. The second kappa shape index (κ2) is 10.1. The Hall–Kier alpha value is -3.57. The Bertz CT molecular complexity index is 1330. The number of carbonyl (C=O) groups is 2. The second-order valence-corrected chi connectivity index (χ2v) is 8.70. The number of benzene rings is 3. The first-order valence-corrected chi connectivity index (χ1v) is 11.5. The summed E-state index contributed by atoms with van der Waals surface area (Å²) < 4.78 is 12.6. The predicted octanol–water partition coefficient (Wildman–Crippen LogP) is 6.19. The monoisotopic (exact) mass is 475 g/mol. The lowest BCUT2D eigenvalue weighted by Crippen LogP contribution is -2.15. The highest BCUT2D eigenvalue weighted by atomic mass is 35.5. The molecule has 0 saturated heterocycles. The molecule has 3 aromatic carbocycles. The Morgan fingerprint density at radius 3 is 2.38 bits per heavy atom. The molecule has 1 unspecified atom stereocenters. The first-order chi connectivity index (χ1) is 16.4. The molecule has 0 fully saturated rings. The van der Waals surface area contributed by atoms with E-state index in [0.717, 1.165) is 16.5 Å². The Morgan fingerprint density at radius 2 is 1.71 bits per heavy atom. The van der Waals surface area contributed by atoms with Crippen molar-refractivity contribution in [2.75, 3.05) is 13.7 Å². The summed E-state index contributed by atoms with van der Waals surface area (Å²) in [6.45, 7) is 4.15. The van der Waals surface area contributed by atoms with Crippen LogP contribution in [0.5, 0.6) is 5.75 Å². The van der Waals surface area contributed by atoms with Gasteiger partial charge >= 0.3 is 5.97 Å². The van der Waals surface area contributed by atoms with E-state index in [2.05, 4.69) is 0 Å². The molecule has 6 heteroatoms. The fourth-order valence-corrected chi connectivity index (χ4v) is 4.21. The van der Waals surface area contributed by atoms with Gasteiger partial charge in [-0.2, -0.15) is 0 Å². The van der Waals surface area contributed by atoms with Gasteiger partial charge in [0.15, 0.2) is 0 Å². The van der Waals surface area contributed by atoms with E-state index in [1.165, 1.54) is 0 Å². The molecule has 5 nitrogen and oxygen atoms in total. The van der Waals surface area contributed by atoms with E-state index in [-0.39, 0.29) is 30.8 Å². The molecule has 34 heavy (non-hydrogen) atoms. The number of halogens is 1. The molecular formula is C28H26ClNO4. The van der Waals surface area contributed by atoms with Crippen LogP contribution in [0.1, 0.15) is 40.0 Å². The Kier molecular flexibility index (Phi) is 7.03. The molecular weight excluding hydrogens is 450 g/mol. The van der Waals surface area contributed by atoms with Crippen LogP contribution in [-0.4, -0.2) is 30.2 Å². The number of ether oxygens (including phenoxy) is 2. The maximum absolute atomic E-state index is 13.4. The summed E-state index contributed by atoms with van der Waals surface area (Å²) in [6, 6.07) is 22.2. The van der Waals surface area contributed by atoms with Gasteiger partial charge in [-0.15, -0.1) is 0 Å². The molecule has 0 saturated carbocycles. The number of fused-ring (bicyclic) bond motifs is 1. The van der Waals surface area contributed by atoms with Crippen molar-refractivity contribution >= 4 is 34.4 Å². The third kappa shape index (κ3) is 4.85. The highest BCUT2D eigenvalue weighted by Gasteiger charge is 2.23. The quantitative estimate of drug-likeness (QED) is 0.299. The van der Waals surface area contributed by atoms with E-state index in [1.807, 2.05) is 56.3 Å². The summed E-state index contributed by atoms with van der Waals surface area (Å²) in [5.41, 5.74) is 3.76. The highest BCUT2D eigenvalue weighted by molar-refractivity contribution is 6.30. The number of esters is 1. The molecule has 0 radical (unpaired) electrons. The number of hydrogen-bond donors (Lipinski definition) is 0. The lowest BCUT2D eigenvalue weighted by atomic mass is 10.0. The first kappa shape index (κ1) is 23.6. The Labute approximate surface area is 203 Å². The van der Waals surface area contributed by atoms with Crippen LogP contribution in [0, 0.1) is 6.92 Å². The van der Waals surface area contributed by atoms with Crippen LogP contribution in [0.4, 0.5) is 0 Å². The molecule has 0 aliphatic rings. The van der Waals surface area contributed by atoms with Crippen molar-refractivity contribution in [3.05, 3.63) is 100 Å². The summed E-state index contributed by atoms with van der Waals surface area (Å²) in [5, 5.41) is 1.34. The maximum atomic E-state index is 13.4. The van der Waals surface area contributed by atoms with Gasteiger partial charge in [-0.3, -0.25) is 14.2 Å². The average molecular weight is 476 g/mol. The van der Waals surface area contributed by atoms with Gasteiger partial charge in [0.2, 0.25) is 0 Å². The molecule has 1 aromatic heterocycles. The smallest absolute Gasteiger partial charge is 0.310 e. The van der Waals surface area contributed by atoms with E-state index in [4.69, 9.17) is 21.1 Å². The fraction of sp³-hybridized carbons (Fsp3) is 0.214. The standard InChI is InChI=1S/C28H26ClNO4/c1-18(20-7-5-4-6-8-20)17-34-27(31)16-24-19(2)30(26-14-13-23(33-3)15-25(24)26)28(32)21-9-11-22(29)12-10-21/h4-15,18H,16-17H2,1-3H3. The van der Waals surface area contributed by atoms with Crippen LogP contribution in [0.15, 0.2) is 72.8 Å². The van der Waals surface area contributed by atoms with Gasteiger partial charge in [-0.05, 0) is 60.5 Å². The minimum atomic E-state index is -0.341. The predicted molar refractivity (Wildman–Crippen MR) is 134 cm³/mol. The van der Waals surface area contributed by atoms with Gasteiger partial charge in [-0.25, -0.2) is 0 Å². The van der Waals surface area contributed by atoms with Gasteiger partial charge in [0.05, 0.1) is 25.7 Å². The fourth-order valence-electron chi connectivity index (χ4n) is 4.09. The van der Waals surface area contributed by atoms with Crippen molar-refractivity contribution < 1.29 is 19.1 Å². The number of rotatable bonds is 7. The van der Waals surface area contributed by atoms with Crippen LogP contribution < -0.4 is 4.74 Å². The molecule has 0 aliphatic heterocycles. The van der Waals surface area contributed by atoms with Gasteiger partial charge in [0.25, 0.3) is 5.91 Å². The van der Waals surface area contributed by atoms with Gasteiger partial charge < -0.3 is 9.47 Å². The van der Waals surface area contributed by atoms with Gasteiger partial charge in [0, 0.05) is 27.6 Å². The zero-order valence-electron chi connectivity index (χ0n) is 19.4. The van der Waals surface area contributed by atoms with E-state index in [1.54, 1.807) is 42.0 Å². The number of carbonyl (C=O) groups excluding carboxylic acids is 2. The molecule has 174 valence electrons. The van der Waals surface area contributed by atoms with Gasteiger partial charge in [0.1, 0.15) is 5.75 Å². The van der Waals surface area contributed by atoms with Crippen molar-refractivity contribution in [3.63, 3.8) is 0 Å². The van der Waals surface area contributed by atoms with Crippen LogP contribution >= 0.6 is 11.6 Å². The van der Waals surface area contributed by atoms with Crippen molar-refractivity contribution in [1.29, 1.82) is 0 Å². The van der Waals surface area contributed by atoms with E-state index < -0.39 is 0 Å². The molecule has 0 bridgehead atoms. The molecule has 0 N–H and O–H groups in total. The minimum Gasteiger partial charge on any atom is -0.497 e. The number of nitrogens with zero attached hydrogens (tertiary/aromatic N) is 1. The third-order valence-electron chi connectivity index (χ3n) is 6.02. The van der Waals surface area contributed by atoms with Crippen molar-refractivity contribution in [3.8, 4) is 5.75 Å². The van der Waals surface area contributed by atoms with Crippen LogP contribution in [-0.2, 0) is 16.0 Å². The van der Waals surface area contributed by atoms with Crippen molar-refractivity contribution in [1.82, 2.24) is 4.57 Å². The minimum absolute atomic E-state index is 0.0535. The SMILES string of the molecule is COc1ccc2c(c1)c(CC(=O)OCC(C)c1ccccc1)c(C)n2C(=O)c1ccc(Cl)cc1. The Balaban J connectivity index is 1.63. The number of aromatic nitrogens is 1. The zero-order chi connectivity index (χ0) is 24.2. The maximum Gasteiger partial charge on any atom is 0.310 e. The summed E-state index contributed by atoms with van der Waals surface area (Å²) in [4.78, 5) is 26.2. The highest BCUT2D eigenvalue weighted by Crippen LogP contribution is 2.31. The number of hydrogen-bond acceptors (Lipinski definition) is 4. The molecule has 4 aromatic rings. The molecule has 4 rings (SSSR count). The summed E-state index contributed by atoms with van der Waals surface area (Å²) in [5.74, 6) is 0.198. The Morgan fingerprint density at radius 1 is 1.00 bits per heavy atom. The molecule has 0 aliphatic carbocycles. The largest absolute Gasteiger partial charge is 0.497 e. The van der Waals surface area contributed by atoms with E-state index in [0.29, 0.717) is 27.5 Å². The lowest BCUT2D eigenvalue weighted by Gasteiger charge is -2.12. The molecule has 0 amide bonds. The second-order valence-electron chi connectivity index (χ2n) is 8.27. The lowest BCUT2D eigenvalue weighted by molar-refractivity contribution is -0.143. The van der Waals surface area contributed by atoms with Crippen LogP contribution in [0.2, 0.25) is 5.02 Å². The third-order valence-corrected chi connectivity index (χ3v) is 6.27. The average Bonchev–Trinajstić information content (AvgIpc) is 3.13. The topological polar surface area (TPSA) is 57.5 Å². The normalized spacial score (nSPS) is 11.9. The first-order valence-electron chi connectivity index (χ1n) is 11.1. The van der Waals surface area contributed by atoms with E-state index >= 15 is 0 Å². The van der Waals surface area contributed by atoms with Crippen LogP contribution in [0.3, 0.4) is 0 Å². The summed E-state index contributed by atoms with van der Waals surface area (Å²) in [7, 11) is 1.59. The van der Waals surface area contributed by atoms with E-state index in [9.17, 15) is 9.59 Å².